The predicted molar refractivity (Wildman–Crippen MR) is 193 cm³/mol. The largest absolute Gasteiger partial charge is 0.444 e. The summed E-state index contributed by atoms with van der Waals surface area (Å²) in [7, 11) is 0. The smallest absolute Gasteiger partial charge is 0.414 e. The number of nitrogens with zero attached hydrogens (tertiary/aromatic N) is 8. The van der Waals surface area contributed by atoms with Crippen LogP contribution in [0.15, 0.2) is 62.9 Å². The van der Waals surface area contributed by atoms with Crippen LogP contribution >= 0.6 is 76.8 Å². The molecule has 247 valence electrons. The van der Waals surface area contributed by atoms with E-state index in [0.29, 0.717) is 33.4 Å². The van der Waals surface area contributed by atoms with E-state index in [-0.39, 0.29) is 45.2 Å². The summed E-state index contributed by atoms with van der Waals surface area (Å²) in [5.74, 6) is -0.881. The van der Waals surface area contributed by atoms with Crippen LogP contribution in [0.5, 0.6) is 0 Å². The van der Waals surface area contributed by atoms with Gasteiger partial charge in [0.15, 0.2) is 5.70 Å². The Hall–Kier alpha value is -1.64. The van der Waals surface area contributed by atoms with Crippen molar-refractivity contribution >= 4 is 106 Å². The molecule has 0 spiro atoms. The van der Waals surface area contributed by atoms with Crippen LogP contribution in [0.25, 0.3) is 10.4 Å². The molecule has 0 N–H and O–H groups in total. The van der Waals surface area contributed by atoms with Crippen molar-refractivity contribution in [3.05, 3.63) is 79.8 Å². The minimum atomic E-state index is -0.574. The number of benzene rings is 2. The Bertz CT molecular complexity index is 1430. The van der Waals surface area contributed by atoms with Crippen LogP contribution in [-0.4, -0.2) is 69.2 Å². The average molecular weight is 1030 g/mol. The third-order valence-electron chi connectivity index (χ3n) is 5.58. The number of halogens is 6. The van der Waals surface area contributed by atoms with Gasteiger partial charge in [0.25, 0.3) is 0 Å². The fourth-order valence-corrected chi connectivity index (χ4v) is 4.12. The monoisotopic (exact) mass is 1030 g/mol. The molecule has 2 aliphatic heterocycles. The fraction of sp³-hybridized carbons (Fsp3) is 0.385. The Kier molecular flexibility index (Phi) is 22.8. The minimum absolute atomic E-state index is 0. The molecule has 0 unspecified atom stereocenters. The van der Waals surface area contributed by atoms with Crippen molar-refractivity contribution in [3.63, 3.8) is 0 Å². The molecule has 2 saturated heterocycles. The van der Waals surface area contributed by atoms with Gasteiger partial charge in [-0.3, -0.25) is 9.80 Å². The number of hydrogen-bond acceptors (Lipinski definition) is 7. The van der Waals surface area contributed by atoms with E-state index < -0.39 is 29.9 Å². The van der Waals surface area contributed by atoms with E-state index in [1.165, 1.54) is 38.8 Å². The van der Waals surface area contributed by atoms with Crippen molar-refractivity contribution in [3.8, 4) is 0 Å². The Morgan fingerprint density at radius 2 is 1.50 bits per heavy atom. The maximum Gasteiger partial charge on any atom is 0.414 e. The third kappa shape index (κ3) is 13.8. The van der Waals surface area contributed by atoms with Gasteiger partial charge in [-0.2, -0.15) is 22.4 Å². The van der Waals surface area contributed by atoms with Crippen LogP contribution in [0.4, 0.5) is 29.7 Å². The zero-order chi connectivity index (χ0) is 32.6. The van der Waals surface area contributed by atoms with Crippen LogP contribution in [0.1, 0.15) is 20.8 Å². The predicted octanol–water partition coefficient (Wildman–Crippen LogP) is 8.40. The van der Waals surface area contributed by atoms with Gasteiger partial charge in [-0.25, -0.2) is 23.1 Å². The Morgan fingerprint density at radius 3 is 1.91 bits per heavy atom. The summed E-state index contributed by atoms with van der Waals surface area (Å²) in [6, 6.07) is 8.86. The zero-order valence-electron chi connectivity index (χ0n) is 23.5. The Labute approximate surface area is 322 Å². The van der Waals surface area contributed by atoms with Crippen LogP contribution in [-0.2, 0) is 34.6 Å². The van der Waals surface area contributed by atoms with Crippen molar-refractivity contribution < 1.29 is 46.4 Å². The standard InChI is InChI=1S/C12H10BrFN4O2.C10H8BrFN4O2.C3H7I.CH4.BI.V/c13-10-2-1-8(5-11(10)14)18-7-9(20-12(18)19)6-17-4-3-15-16-17;11-8-2-1-6(3-9(8)12)16-5-7(4-14-15-13)18-10(16)17;1-2-3-4;;1-2;/h1-5,9H,6-7H2;1-3,7H,4-5H2;2-3H2,1H3;1H4;;/t9-;7-;;;;/m00..../s1. The second-order valence-corrected chi connectivity index (χ2v) is 11.4. The molecule has 3 heterocycles. The van der Waals surface area contributed by atoms with E-state index >= 15 is 0 Å². The first-order valence-corrected chi connectivity index (χ1v) is 17.0. The maximum atomic E-state index is 13.5. The zero-order valence-corrected chi connectivity index (χ0v) is 32.4. The summed E-state index contributed by atoms with van der Waals surface area (Å²) >= 11 is 10.1. The number of carbonyl (C=O) groups excluding carboxylic acids is 2. The van der Waals surface area contributed by atoms with Crippen molar-refractivity contribution in [2.45, 2.75) is 39.5 Å². The van der Waals surface area contributed by atoms with E-state index in [1.807, 2.05) is 0 Å². The number of azide groups is 1. The normalized spacial score (nSPS) is 16.0. The van der Waals surface area contributed by atoms with Gasteiger partial charge in [-0.15, -0.1) is 5.10 Å². The van der Waals surface area contributed by atoms with Gasteiger partial charge in [-0.05, 0) is 84.6 Å². The number of rotatable bonds is 7. The van der Waals surface area contributed by atoms with E-state index in [2.05, 4.69) is 87.4 Å². The Morgan fingerprint density at radius 1 is 1.02 bits per heavy atom. The quantitative estimate of drug-likeness (QED) is 0.0582. The van der Waals surface area contributed by atoms with Crippen molar-refractivity contribution in [1.82, 2.24) is 15.0 Å². The first-order valence-electron chi connectivity index (χ1n) is 12.7. The topological polar surface area (TPSA) is 139 Å². The molecule has 2 fully saturated rings. The van der Waals surface area contributed by atoms with Crippen LogP contribution in [0, 0.1) is 11.6 Å². The van der Waals surface area contributed by atoms with Gasteiger partial charge in [0.05, 0.1) is 52.7 Å². The molecular formula is C26H29BBr2F2I2N8O4V. The molecule has 0 aliphatic carbocycles. The number of alkyl halides is 1. The summed E-state index contributed by atoms with van der Waals surface area (Å²) in [6.07, 6.45) is 2.65. The molecule has 12 nitrogen and oxygen atoms in total. The van der Waals surface area contributed by atoms with E-state index in [0.717, 1.165) is 0 Å². The summed E-state index contributed by atoms with van der Waals surface area (Å²) in [4.78, 5) is 28.7. The summed E-state index contributed by atoms with van der Waals surface area (Å²) in [5, 5.41) is 10.8. The van der Waals surface area contributed by atoms with Gasteiger partial charge < -0.3 is 9.47 Å². The number of ether oxygens (including phenoxy) is 2. The second kappa shape index (κ2) is 23.6. The summed E-state index contributed by atoms with van der Waals surface area (Å²) in [6.45, 7) is 3.24. The minimum Gasteiger partial charge on any atom is -0.444 e. The van der Waals surface area contributed by atoms with Crippen LogP contribution in [0.2, 0.25) is 0 Å². The van der Waals surface area contributed by atoms with Crippen LogP contribution in [0.3, 0.4) is 0 Å². The van der Waals surface area contributed by atoms with Gasteiger partial charge >= 0.3 is 12.2 Å². The SMILES string of the molecule is C.CCCI.O=C1O[C@@H](Cn2ccnn2)CN1c1ccc(Br)c(F)c1.[B]I.[N-]=[N+]=NC[C@H]1CN(c2ccc(Br)c(F)c2)C(=O)O1.[V]. The number of hydrogen-bond donors (Lipinski definition) is 0. The molecule has 0 saturated carbocycles. The molecule has 3 radical (unpaired) electrons. The molecule has 2 atom stereocenters. The second-order valence-electron chi connectivity index (χ2n) is 8.66. The van der Waals surface area contributed by atoms with E-state index in [4.69, 9.17) is 15.0 Å². The number of carbonyl (C=O) groups is 2. The molecule has 3 aromatic rings. The maximum absolute atomic E-state index is 13.5. The molecule has 2 aliphatic rings. The molecule has 1 aromatic heterocycles. The number of anilines is 2. The molecule has 20 heteroatoms. The van der Waals surface area contributed by atoms with Gasteiger partial charge in [0, 0.05) is 29.7 Å². The molecule has 2 aromatic carbocycles. The average Bonchev–Trinajstić information content (AvgIpc) is 3.77. The van der Waals surface area contributed by atoms with Crippen molar-refractivity contribution in [2.24, 2.45) is 5.11 Å². The van der Waals surface area contributed by atoms with Gasteiger partial charge in [0.1, 0.15) is 23.8 Å². The number of aromatic nitrogens is 3. The number of amides is 2. The molecule has 46 heavy (non-hydrogen) atoms. The van der Waals surface area contributed by atoms with Gasteiger partial charge in [-0.1, -0.05) is 47.3 Å². The molecular weight excluding hydrogens is 1000 g/mol. The van der Waals surface area contributed by atoms with Crippen LogP contribution < -0.4 is 9.80 Å². The Balaban J connectivity index is 0.000000728. The van der Waals surface area contributed by atoms with Gasteiger partial charge in [0.2, 0.25) is 0 Å². The summed E-state index contributed by atoms with van der Waals surface area (Å²) < 4.78 is 40.7. The molecule has 0 bridgehead atoms. The molecule has 2 amide bonds. The van der Waals surface area contributed by atoms with Crippen molar-refractivity contribution in [1.29, 1.82) is 0 Å². The number of cyclic esters (lactones) is 2. The van der Waals surface area contributed by atoms with E-state index in [1.54, 1.807) is 57.6 Å². The molecule has 5 rings (SSSR count). The first kappa shape index (κ1) is 44.4. The third-order valence-corrected chi connectivity index (χ3v) is 7.94. The van der Waals surface area contributed by atoms with E-state index in [9.17, 15) is 18.4 Å². The van der Waals surface area contributed by atoms with Crippen molar-refractivity contribution in [2.75, 3.05) is 33.9 Å². The summed E-state index contributed by atoms with van der Waals surface area (Å²) in [5.41, 5.74) is 13.5. The first-order chi connectivity index (χ1) is 21.2. The fourth-order valence-electron chi connectivity index (χ4n) is 3.63.